The summed E-state index contributed by atoms with van der Waals surface area (Å²) in [5.41, 5.74) is 0.804. The normalized spacial score (nSPS) is 10.4. The minimum absolute atomic E-state index is 0.356. The average Bonchev–Trinajstić information content (AvgIpc) is 2.49. The van der Waals surface area contributed by atoms with Crippen LogP contribution in [0, 0.1) is 18.6 Å². The highest BCUT2D eigenvalue weighted by Crippen LogP contribution is 2.24. The predicted molar refractivity (Wildman–Crippen MR) is 91.9 cm³/mol. The van der Waals surface area contributed by atoms with Crippen molar-refractivity contribution in [3.05, 3.63) is 58.1 Å². The SMILES string of the molecule is CC(=O)N(CC(=O)Nc1c(F)cccc1F)c1ccc(Br)cc1C. The molecule has 0 aliphatic rings. The van der Waals surface area contributed by atoms with Gasteiger partial charge in [0, 0.05) is 17.1 Å². The van der Waals surface area contributed by atoms with E-state index >= 15 is 0 Å². The van der Waals surface area contributed by atoms with Crippen LogP contribution in [0.4, 0.5) is 20.2 Å². The van der Waals surface area contributed by atoms with Crippen LogP contribution in [0.1, 0.15) is 12.5 Å². The predicted octanol–water partition coefficient (Wildman–Crippen LogP) is 4.03. The highest BCUT2D eigenvalue weighted by atomic mass is 79.9. The van der Waals surface area contributed by atoms with Gasteiger partial charge in [0.15, 0.2) is 0 Å². The van der Waals surface area contributed by atoms with Crippen molar-refractivity contribution < 1.29 is 18.4 Å². The van der Waals surface area contributed by atoms with E-state index in [-0.39, 0.29) is 12.5 Å². The Labute approximate surface area is 146 Å². The summed E-state index contributed by atoms with van der Waals surface area (Å²) in [5.74, 6) is -2.81. The van der Waals surface area contributed by atoms with E-state index in [1.807, 2.05) is 0 Å². The van der Waals surface area contributed by atoms with Crippen molar-refractivity contribution >= 4 is 39.1 Å². The number of para-hydroxylation sites is 1. The smallest absolute Gasteiger partial charge is 0.244 e. The number of anilines is 2. The Morgan fingerprint density at radius 1 is 1.17 bits per heavy atom. The molecule has 0 heterocycles. The zero-order valence-electron chi connectivity index (χ0n) is 13.1. The van der Waals surface area contributed by atoms with Crippen molar-refractivity contribution in [1.82, 2.24) is 0 Å². The molecule has 2 aromatic carbocycles. The maximum Gasteiger partial charge on any atom is 0.244 e. The first-order chi connectivity index (χ1) is 11.3. The number of hydrogen-bond donors (Lipinski definition) is 1. The van der Waals surface area contributed by atoms with Crippen molar-refractivity contribution in [3.63, 3.8) is 0 Å². The Morgan fingerprint density at radius 3 is 2.33 bits per heavy atom. The summed E-state index contributed by atoms with van der Waals surface area (Å²) in [7, 11) is 0. The van der Waals surface area contributed by atoms with Crippen molar-refractivity contribution in [2.45, 2.75) is 13.8 Å². The number of carbonyl (C=O) groups is 2. The van der Waals surface area contributed by atoms with Crippen LogP contribution in [-0.2, 0) is 9.59 Å². The summed E-state index contributed by atoms with van der Waals surface area (Å²) >= 11 is 3.33. The maximum absolute atomic E-state index is 13.6. The van der Waals surface area contributed by atoms with Gasteiger partial charge in [-0.2, -0.15) is 0 Å². The third kappa shape index (κ3) is 4.17. The topological polar surface area (TPSA) is 49.4 Å². The van der Waals surface area contributed by atoms with E-state index < -0.39 is 23.2 Å². The molecule has 2 amide bonds. The zero-order chi connectivity index (χ0) is 17.9. The number of rotatable bonds is 4. The van der Waals surface area contributed by atoms with E-state index in [2.05, 4.69) is 21.2 Å². The van der Waals surface area contributed by atoms with E-state index in [1.165, 1.54) is 17.9 Å². The van der Waals surface area contributed by atoms with E-state index in [4.69, 9.17) is 0 Å². The van der Waals surface area contributed by atoms with Crippen LogP contribution in [0.2, 0.25) is 0 Å². The molecule has 0 radical (unpaired) electrons. The summed E-state index contributed by atoms with van der Waals surface area (Å²) in [6, 6.07) is 8.53. The minimum Gasteiger partial charge on any atom is -0.320 e. The number of nitrogens with zero attached hydrogens (tertiary/aromatic N) is 1. The van der Waals surface area contributed by atoms with Gasteiger partial charge in [0.1, 0.15) is 23.9 Å². The Morgan fingerprint density at radius 2 is 1.79 bits per heavy atom. The van der Waals surface area contributed by atoms with E-state index in [9.17, 15) is 18.4 Å². The van der Waals surface area contributed by atoms with Gasteiger partial charge in [-0.15, -0.1) is 0 Å². The summed E-state index contributed by atoms with van der Waals surface area (Å²) in [6.07, 6.45) is 0. The minimum atomic E-state index is -0.877. The summed E-state index contributed by atoms with van der Waals surface area (Å²) in [6.45, 7) is 2.76. The second kappa shape index (κ2) is 7.53. The Hall–Kier alpha value is -2.28. The second-order valence-corrected chi connectivity index (χ2v) is 6.10. The number of amides is 2. The molecule has 0 saturated heterocycles. The van der Waals surface area contributed by atoms with Gasteiger partial charge in [0.25, 0.3) is 0 Å². The Bertz CT molecular complexity index is 776. The van der Waals surface area contributed by atoms with Gasteiger partial charge in [-0.3, -0.25) is 9.59 Å². The fraction of sp³-hybridized carbons (Fsp3) is 0.176. The highest BCUT2D eigenvalue weighted by Gasteiger charge is 2.19. The van der Waals surface area contributed by atoms with Gasteiger partial charge < -0.3 is 10.2 Å². The van der Waals surface area contributed by atoms with Gasteiger partial charge in [-0.05, 0) is 42.8 Å². The van der Waals surface area contributed by atoms with E-state index in [0.717, 1.165) is 22.2 Å². The summed E-state index contributed by atoms with van der Waals surface area (Å²) < 4.78 is 28.0. The summed E-state index contributed by atoms with van der Waals surface area (Å²) in [4.78, 5) is 25.3. The van der Waals surface area contributed by atoms with Crippen LogP contribution in [0.5, 0.6) is 0 Å². The molecule has 0 aliphatic heterocycles. The standard InChI is InChI=1S/C17H15BrF2N2O2/c1-10-8-12(18)6-7-15(10)22(11(2)23)9-16(24)21-17-13(19)4-3-5-14(17)20/h3-8H,9H2,1-2H3,(H,21,24). The molecule has 0 unspecified atom stereocenters. The van der Waals surface area contributed by atoms with Crippen molar-refractivity contribution in [3.8, 4) is 0 Å². The monoisotopic (exact) mass is 396 g/mol. The van der Waals surface area contributed by atoms with Gasteiger partial charge >= 0.3 is 0 Å². The van der Waals surface area contributed by atoms with Gasteiger partial charge in [-0.1, -0.05) is 22.0 Å². The molecule has 0 aromatic heterocycles. The van der Waals surface area contributed by atoms with Crippen LogP contribution >= 0.6 is 15.9 Å². The van der Waals surface area contributed by atoms with Crippen molar-refractivity contribution in [2.24, 2.45) is 0 Å². The van der Waals surface area contributed by atoms with Crippen LogP contribution in [0.25, 0.3) is 0 Å². The van der Waals surface area contributed by atoms with Crippen LogP contribution in [0.3, 0.4) is 0 Å². The lowest BCUT2D eigenvalue weighted by molar-refractivity contribution is -0.120. The molecule has 2 aromatic rings. The molecular formula is C17H15BrF2N2O2. The Balaban J connectivity index is 2.22. The molecule has 2 rings (SSSR count). The van der Waals surface area contributed by atoms with Crippen LogP contribution < -0.4 is 10.2 Å². The molecule has 0 bridgehead atoms. The van der Waals surface area contributed by atoms with Crippen LogP contribution in [0.15, 0.2) is 40.9 Å². The van der Waals surface area contributed by atoms with E-state index in [1.54, 1.807) is 25.1 Å². The van der Waals surface area contributed by atoms with Gasteiger partial charge in [0.05, 0.1) is 0 Å². The first-order valence-corrected chi connectivity index (χ1v) is 7.87. The highest BCUT2D eigenvalue weighted by molar-refractivity contribution is 9.10. The molecule has 0 saturated carbocycles. The first kappa shape index (κ1) is 18.1. The van der Waals surface area contributed by atoms with Gasteiger partial charge in [0.2, 0.25) is 11.8 Å². The number of nitrogens with one attached hydrogen (secondary N) is 1. The van der Waals surface area contributed by atoms with Crippen LogP contribution in [-0.4, -0.2) is 18.4 Å². The number of carbonyl (C=O) groups excluding carboxylic acids is 2. The van der Waals surface area contributed by atoms with Crippen molar-refractivity contribution in [2.75, 3.05) is 16.8 Å². The lowest BCUT2D eigenvalue weighted by atomic mass is 10.1. The first-order valence-electron chi connectivity index (χ1n) is 7.07. The van der Waals surface area contributed by atoms with Gasteiger partial charge in [-0.25, -0.2) is 8.78 Å². The second-order valence-electron chi connectivity index (χ2n) is 5.18. The molecule has 4 nitrogen and oxygen atoms in total. The molecule has 1 N–H and O–H groups in total. The molecule has 0 atom stereocenters. The molecule has 24 heavy (non-hydrogen) atoms. The molecule has 0 spiro atoms. The number of benzene rings is 2. The maximum atomic E-state index is 13.6. The fourth-order valence-electron chi connectivity index (χ4n) is 2.23. The average molecular weight is 397 g/mol. The largest absolute Gasteiger partial charge is 0.320 e. The Kier molecular flexibility index (Phi) is 5.66. The number of hydrogen-bond acceptors (Lipinski definition) is 2. The third-order valence-electron chi connectivity index (χ3n) is 3.36. The summed E-state index contributed by atoms with van der Waals surface area (Å²) in [5, 5.41) is 2.17. The fourth-order valence-corrected chi connectivity index (χ4v) is 2.70. The molecule has 126 valence electrons. The molecule has 0 fully saturated rings. The quantitative estimate of drug-likeness (QED) is 0.847. The van der Waals surface area contributed by atoms with E-state index in [0.29, 0.717) is 5.69 Å². The number of halogens is 3. The zero-order valence-corrected chi connectivity index (χ0v) is 14.7. The van der Waals surface area contributed by atoms with Crippen molar-refractivity contribution in [1.29, 1.82) is 0 Å². The molecule has 0 aliphatic carbocycles. The molecular weight excluding hydrogens is 382 g/mol. The lowest BCUT2D eigenvalue weighted by Crippen LogP contribution is -2.37. The third-order valence-corrected chi connectivity index (χ3v) is 3.85. The lowest BCUT2D eigenvalue weighted by Gasteiger charge is -2.23. The number of aryl methyl sites for hydroxylation is 1. The molecule has 7 heteroatoms.